The van der Waals surface area contributed by atoms with Gasteiger partial charge in [0, 0.05) is 5.57 Å². The van der Waals surface area contributed by atoms with Gasteiger partial charge in [-0.3, -0.25) is 4.79 Å². The van der Waals surface area contributed by atoms with Crippen molar-refractivity contribution in [2.24, 2.45) is 23.2 Å². The van der Waals surface area contributed by atoms with E-state index in [0.29, 0.717) is 18.8 Å². The van der Waals surface area contributed by atoms with Gasteiger partial charge >= 0.3 is 11.9 Å². The molecule has 0 N–H and O–H groups in total. The Kier molecular flexibility index (Phi) is 7.38. The van der Waals surface area contributed by atoms with Crippen LogP contribution in [-0.4, -0.2) is 37.7 Å². The number of carbonyl (C=O) groups excluding carboxylic acids is 2. The first-order valence-corrected chi connectivity index (χ1v) is 11.1. The van der Waals surface area contributed by atoms with E-state index in [1.165, 1.54) is 19.3 Å². The Labute approximate surface area is 174 Å². The molecular weight excluding hydrogens is 372 g/mol. The smallest absolute Gasteiger partial charge is 0.335 e. The van der Waals surface area contributed by atoms with Crippen molar-refractivity contribution < 1.29 is 28.5 Å². The largest absolute Gasteiger partial charge is 0.436 e. The van der Waals surface area contributed by atoms with Crippen LogP contribution in [0.1, 0.15) is 72.1 Å². The van der Waals surface area contributed by atoms with E-state index in [1.54, 1.807) is 20.8 Å². The number of hydrogen-bond acceptors (Lipinski definition) is 6. The van der Waals surface area contributed by atoms with Gasteiger partial charge in [0.05, 0.1) is 18.6 Å². The van der Waals surface area contributed by atoms with Crippen LogP contribution in [0.4, 0.5) is 0 Å². The molecule has 4 rings (SSSR count). The Morgan fingerprint density at radius 1 is 0.897 bits per heavy atom. The topological polar surface area (TPSA) is 71.1 Å². The Morgan fingerprint density at radius 3 is 1.79 bits per heavy atom. The van der Waals surface area contributed by atoms with Crippen molar-refractivity contribution >= 4 is 11.9 Å². The summed E-state index contributed by atoms with van der Waals surface area (Å²) in [5.74, 6) is 1.68. The molecule has 4 bridgehead atoms. The molecular formula is C23H36O6. The molecule has 4 fully saturated rings. The molecule has 0 amide bonds. The monoisotopic (exact) mass is 408 g/mol. The van der Waals surface area contributed by atoms with E-state index in [0.717, 1.165) is 49.9 Å². The molecule has 0 radical (unpaired) electrons. The number of carbonyl (C=O) groups is 2. The molecule has 0 heterocycles. The minimum atomic E-state index is -0.597. The molecule has 2 atom stereocenters. The summed E-state index contributed by atoms with van der Waals surface area (Å²) in [5.41, 5.74) is 0.114. The maximum atomic E-state index is 12.9. The minimum absolute atomic E-state index is 0.0411. The minimum Gasteiger partial charge on any atom is -0.436 e. The number of esters is 2. The van der Waals surface area contributed by atoms with Gasteiger partial charge in [0.25, 0.3) is 0 Å². The summed E-state index contributed by atoms with van der Waals surface area (Å²) in [5, 5.41) is 0. The lowest BCUT2D eigenvalue weighted by molar-refractivity contribution is -0.199. The third-order valence-electron chi connectivity index (χ3n) is 6.61. The number of rotatable bonds is 11. The highest BCUT2D eigenvalue weighted by molar-refractivity contribution is 5.86. The van der Waals surface area contributed by atoms with E-state index >= 15 is 0 Å². The third kappa shape index (κ3) is 5.82. The van der Waals surface area contributed by atoms with Gasteiger partial charge in [0.15, 0.2) is 12.6 Å². The zero-order valence-corrected chi connectivity index (χ0v) is 18.1. The fourth-order valence-corrected chi connectivity index (χ4v) is 5.66. The average molecular weight is 409 g/mol. The lowest BCUT2D eigenvalue weighted by Crippen LogP contribution is -2.51. The number of unbranched alkanes of at least 4 members (excludes halogenated alkanes) is 1. The van der Waals surface area contributed by atoms with E-state index in [1.807, 2.05) is 0 Å². The SMILES string of the molecule is C=C(C)C(=O)OC(C)OCCCCOC(C)OC(=O)C12CC3CC(CC(C3)C1)C2. The second-order valence-electron chi connectivity index (χ2n) is 9.37. The van der Waals surface area contributed by atoms with E-state index < -0.39 is 18.5 Å². The summed E-state index contributed by atoms with van der Waals surface area (Å²) < 4.78 is 21.9. The van der Waals surface area contributed by atoms with E-state index in [-0.39, 0.29) is 11.4 Å². The first-order chi connectivity index (χ1) is 13.8. The summed E-state index contributed by atoms with van der Waals surface area (Å²) in [6.45, 7) is 9.59. The third-order valence-corrected chi connectivity index (χ3v) is 6.61. The van der Waals surface area contributed by atoms with Gasteiger partial charge < -0.3 is 18.9 Å². The number of ether oxygens (including phenoxy) is 4. The van der Waals surface area contributed by atoms with Gasteiger partial charge in [0.1, 0.15) is 0 Å². The van der Waals surface area contributed by atoms with Gasteiger partial charge in [-0.1, -0.05) is 6.58 Å². The Morgan fingerprint density at radius 2 is 1.34 bits per heavy atom. The highest BCUT2D eigenvalue weighted by Gasteiger charge is 2.55. The predicted molar refractivity (Wildman–Crippen MR) is 108 cm³/mol. The van der Waals surface area contributed by atoms with Crippen molar-refractivity contribution in [3.63, 3.8) is 0 Å². The highest BCUT2D eigenvalue weighted by atomic mass is 16.7. The normalized spacial score (nSPS) is 31.9. The van der Waals surface area contributed by atoms with Crippen LogP contribution in [0, 0.1) is 23.2 Å². The Bertz CT molecular complexity index is 577. The summed E-state index contributed by atoms with van der Waals surface area (Å²) in [6, 6.07) is 0. The predicted octanol–water partition coefficient (Wildman–Crippen LogP) is 4.37. The van der Waals surface area contributed by atoms with Crippen LogP contribution in [0.15, 0.2) is 12.2 Å². The van der Waals surface area contributed by atoms with Crippen LogP contribution < -0.4 is 0 Å². The molecule has 0 aromatic rings. The molecule has 0 saturated heterocycles. The van der Waals surface area contributed by atoms with Crippen LogP contribution in [0.25, 0.3) is 0 Å². The second-order valence-corrected chi connectivity index (χ2v) is 9.37. The maximum absolute atomic E-state index is 12.9. The van der Waals surface area contributed by atoms with E-state index in [4.69, 9.17) is 18.9 Å². The molecule has 4 aliphatic rings. The first-order valence-electron chi connectivity index (χ1n) is 11.1. The molecule has 4 saturated carbocycles. The molecule has 4 aliphatic carbocycles. The summed E-state index contributed by atoms with van der Waals surface area (Å²) >= 11 is 0. The van der Waals surface area contributed by atoms with Gasteiger partial charge in [-0.15, -0.1) is 0 Å². The molecule has 0 spiro atoms. The zero-order valence-electron chi connectivity index (χ0n) is 18.1. The highest BCUT2D eigenvalue weighted by Crippen LogP contribution is 2.60. The van der Waals surface area contributed by atoms with Gasteiger partial charge in [-0.05, 0) is 89.9 Å². The molecule has 2 unspecified atom stereocenters. The van der Waals surface area contributed by atoms with Crippen LogP contribution in [0.3, 0.4) is 0 Å². The Balaban J connectivity index is 1.28. The Hall–Kier alpha value is -1.40. The second kappa shape index (κ2) is 9.61. The van der Waals surface area contributed by atoms with Crippen molar-refractivity contribution in [1.82, 2.24) is 0 Å². The van der Waals surface area contributed by atoms with E-state index in [2.05, 4.69) is 6.58 Å². The molecule has 0 aromatic heterocycles. The summed E-state index contributed by atoms with van der Waals surface area (Å²) in [4.78, 5) is 24.3. The molecule has 0 aromatic carbocycles. The summed E-state index contributed by atoms with van der Waals surface area (Å²) in [6.07, 6.45) is 7.39. The van der Waals surface area contributed by atoms with Crippen LogP contribution in [0.2, 0.25) is 0 Å². The van der Waals surface area contributed by atoms with Crippen molar-refractivity contribution in [2.75, 3.05) is 13.2 Å². The molecule has 29 heavy (non-hydrogen) atoms. The number of hydrogen-bond donors (Lipinski definition) is 0. The molecule has 6 nitrogen and oxygen atoms in total. The van der Waals surface area contributed by atoms with Crippen molar-refractivity contribution in [2.45, 2.75) is 84.7 Å². The van der Waals surface area contributed by atoms with Crippen LogP contribution >= 0.6 is 0 Å². The molecule has 0 aliphatic heterocycles. The summed E-state index contributed by atoms with van der Waals surface area (Å²) in [7, 11) is 0. The lowest BCUT2D eigenvalue weighted by atomic mass is 9.49. The van der Waals surface area contributed by atoms with Gasteiger partial charge in [0.2, 0.25) is 0 Å². The van der Waals surface area contributed by atoms with Crippen molar-refractivity contribution in [1.29, 1.82) is 0 Å². The average Bonchev–Trinajstić information content (AvgIpc) is 2.63. The van der Waals surface area contributed by atoms with Crippen LogP contribution in [0.5, 0.6) is 0 Å². The van der Waals surface area contributed by atoms with Crippen molar-refractivity contribution in [3.8, 4) is 0 Å². The maximum Gasteiger partial charge on any atom is 0.335 e. The zero-order chi connectivity index (χ0) is 21.0. The molecule has 164 valence electrons. The quantitative estimate of drug-likeness (QED) is 0.219. The first kappa shape index (κ1) is 22.3. The van der Waals surface area contributed by atoms with Gasteiger partial charge in [-0.25, -0.2) is 4.79 Å². The standard InChI is InChI=1S/C23H36O6/c1-15(2)21(24)28-16(3)26-7-5-6-8-27-17(4)29-22(25)23-12-18-9-19(13-23)11-20(10-18)14-23/h16-20H,1,5-14H2,2-4H3. The van der Waals surface area contributed by atoms with E-state index in [9.17, 15) is 9.59 Å². The fourth-order valence-electron chi connectivity index (χ4n) is 5.66. The van der Waals surface area contributed by atoms with Gasteiger partial charge in [-0.2, -0.15) is 0 Å². The van der Waals surface area contributed by atoms with Crippen molar-refractivity contribution in [3.05, 3.63) is 12.2 Å². The molecule has 6 heteroatoms. The fraction of sp³-hybridized carbons (Fsp3) is 0.826. The van der Waals surface area contributed by atoms with Crippen LogP contribution in [-0.2, 0) is 28.5 Å². The lowest BCUT2D eigenvalue weighted by Gasteiger charge is -2.55.